The van der Waals surface area contributed by atoms with Gasteiger partial charge in [0.25, 0.3) is 0 Å². The summed E-state index contributed by atoms with van der Waals surface area (Å²) < 4.78 is 0. The number of aryl methyl sites for hydroxylation is 2. The Bertz CT molecular complexity index is 442. The fourth-order valence-corrected chi connectivity index (χ4v) is 2.01. The lowest BCUT2D eigenvalue weighted by Gasteiger charge is -2.13. The van der Waals surface area contributed by atoms with Gasteiger partial charge in [0.15, 0.2) is 0 Å². The summed E-state index contributed by atoms with van der Waals surface area (Å²) in [5, 5.41) is 8.93. The van der Waals surface area contributed by atoms with E-state index in [2.05, 4.69) is 19.9 Å². The number of hydrogen-bond acceptors (Lipinski definition) is 1. The fraction of sp³-hybridized carbons (Fsp3) is 0.400. The lowest BCUT2D eigenvalue weighted by Crippen LogP contribution is -1.99. The number of carboxylic acids is 1. The molecule has 92 valence electrons. The van der Waals surface area contributed by atoms with Crippen molar-refractivity contribution in [2.45, 2.75) is 34.1 Å². The third-order valence-corrected chi connectivity index (χ3v) is 2.65. The molecular formula is C15H20O2. The third kappa shape index (κ3) is 4.06. The first kappa shape index (κ1) is 13.5. The molecule has 17 heavy (non-hydrogen) atoms. The van der Waals surface area contributed by atoms with E-state index in [0.29, 0.717) is 5.92 Å². The van der Waals surface area contributed by atoms with Gasteiger partial charge >= 0.3 is 5.97 Å². The van der Waals surface area contributed by atoms with E-state index < -0.39 is 5.97 Å². The van der Waals surface area contributed by atoms with Crippen molar-refractivity contribution < 1.29 is 9.90 Å². The van der Waals surface area contributed by atoms with Gasteiger partial charge in [-0.05, 0) is 42.9 Å². The number of aliphatic carboxylic acids is 1. The van der Waals surface area contributed by atoms with Gasteiger partial charge in [-0.25, -0.2) is 4.79 Å². The van der Waals surface area contributed by atoms with Crippen LogP contribution in [0.3, 0.4) is 0 Å². The van der Waals surface area contributed by atoms with E-state index in [1.54, 1.807) is 0 Å². The molecule has 1 aromatic carbocycles. The van der Waals surface area contributed by atoms with Gasteiger partial charge in [-0.3, -0.25) is 0 Å². The summed E-state index contributed by atoms with van der Waals surface area (Å²) in [7, 11) is 0. The maximum atomic E-state index is 10.9. The zero-order valence-corrected chi connectivity index (χ0v) is 10.9. The number of carbonyl (C=O) groups is 1. The number of hydrogen-bond donors (Lipinski definition) is 1. The SMILES string of the molecule is Cc1ccc(/C(=C/C(=O)O)CC(C)C)c(C)c1. The molecule has 2 heteroatoms. The zero-order chi connectivity index (χ0) is 13.0. The number of allylic oxidation sites excluding steroid dienone is 1. The van der Waals surface area contributed by atoms with Crippen molar-refractivity contribution in [2.24, 2.45) is 5.92 Å². The molecule has 0 heterocycles. The fourth-order valence-electron chi connectivity index (χ4n) is 2.01. The first-order valence-corrected chi connectivity index (χ1v) is 5.91. The average molecular weight is 232 g/mol. The second-order valence-corrected chi connectivity index (χ2v) is 4.92. The number of carboxylic acid groups (broad SMARTS) is 1. The lowest BCUT2D eigenvalue weighted by molar-refractivity contribution is -0.131. The van der Waals surface area contributed by atoms with Crippen LogP contribution in [0.25, 0.3) is 5.57 Å². The summed E-state index contributed by atoms with van der Waals surface area (Å²) in [5.74, 6) is -0.429. The van der Waals surface area contributed by atoms with E-state index in [0.717, 1.165) is 23.1 Å². The van der Waals surface area contributed by atoms with Gasteiger partial charge in [-0.2, -0.15) is 0 Å². The van der Waals surface area contributed by atoms with Gasteiger partial charge in [0, 0.05) is 6.08 Å². The molecule has 0 atom stereocenters. The highest BCUT2D eigenvalue weighted by Gasteiger charge is 2.09. The molecule has 2 nitrogen and oxygen atoms in total. The molecule has 0 aliphatic carbocycles. The second-order valence-electron chi connectivity index (χ2n) is 4.92. The number of benzene rings is 1. The van der Waals surface area contributed by atoms with Crippen LogP contribution in [0.2, 0.25) is 0 Å². The Morgan fingerprint density at radius 1 is 1.35 bits per heavy atom. The first-order valence-electron chi connectivity index (χ1n) is 5.91. The monoisotopic (exact) mass is 232 g/mol. The lowest BCUT2D eigenvalue weighted by atomic mass is 9.92. The molecule has 0 aliphatic heterocycles. The molecule has 0 saturated carbocycles. The van der Waals surface area contributed by atoms with Crippen molar-refractivity contribution in [3.63, 3.8) is 0 Å². The Morgan fingerprint density at radius 2 is 2.00 bits per heavy atom. The van der Waals surface area contributed by atoms with Crippen LogP contribution in [0, 0.1) is 19.8 Å². The highest BCUT2D eigenvalue weighted by atomic mass is 16.4. The van der Waals surface area contributed by atoms with Crippen LogP contribution in [0.15, 0.2) is 24.3 Å². The van der Waals surface area contributed by atoms with Crippen LogP contribution >= 0.6 is 0 Å². The smallest absolute Gasteiger partial charge is 0.328 e. The summed E-state index contributed by atoms with van der Waals surface area (Å²) in [5.41, 5.74) is 4.29. The molecule has 1 aromatic rings. The second kappa shape index (κ2) is 5.67. The van der Waals surface area contributed by atoms with Gasteiger partial charge in [-0.15, -0.1) is 0 Å². The Kier molecular flexibility index (Phi) is 4.50. The topological polar surface area (TPSA) is 37.3 Å². The molecule has 0 aliphatic rings. The Hall–Kier alpha value is -1.57. The molecule has 0 spiro atoms. The molecule has 0 radical (unpaired) electrons. The van der Waals surface area contributed by atoms with Gasteiger partial charge in [0.1, 0.15) is 0 Å². The highest BCUT2D eigenvalue weighted by Crippen LogP contribution is 2.26. The molecule has 0 bridgehead atoms. The summed E-state index contributed by atoms with van der Waals surface area (Å²) >= 11 is 0. The maximum Gasteiger partial charge on any atom is 0.328 e. The van der Waals surface area contributed by atoms with Crippen LogP contribution in [-0.2, 0) is 4.79 Å². The standard InChI is InChI=1S/C15H20O2/c1-10(2)7-13(9-15(16)17)14-6-5-11(3)8-12(14)4/h5-6,8-10H,7H2,1-4H3,(H,16,17)/b13-9+. The summed E-state index contributed by atoms with van der Waals surface area (Å²) in [6.07, 6.45) is 2.12. The van der Waals surface area contributed by atoms with E-state index >= 15 is 0 Å². The summed E-state index contributed by atoms with van der Waals surface area (Å²) in [6, 6.07) is 6.13. The van der Waals surface area contributed by atoms with Gasteiger partial charge < -0.3 is 5.11 Å². The van der Waals surface area contributed by atoms with Gasteiger partial charge in [0.05, 0.1) is 0 Å². The van der Waals surface area contributed by atoms with Crippen molar-refractivity contribution in [2.75, 3.05) is 0 Å². The minimum absolute atomic E-state index is 0.446. The van der Waals surface area contributed by atoms with Crippen molar-refractivity contribution in [1.29, 1.82) is 0 Å². The predicted octanol–water partition coefficient (Wildman–Crippen LogP) is 3.82. The van der Waals surface area contributed by atoms with Crippen molar-refractivity contribution >= 4 is 11.5 Å². The normalized spacial score (nSPS) is 11.9. The van der Waals surface area contributed by atoms with Crippen LogP contribution in [0.5, 0.6) is 0 Å². The molecule has 1 N–H and O–H groups in total. The third-order valence-electron chi connectivity index (χ3n) is 2.65. The molecule has 1 rings (SSSR count). The Morgan fingerprint density at radius 3 is 2.47 bits per heavy atom. The van der Waals surface area contributed by atoms with E-state index in [1.165, 1.54) is 11.6 Å². The van der Waals surface area contributed by atoms with Crippen molar-refractivity contribution in [3.05, 3.63) is 41.0 Å². The zero-order valence-electron chi connectivity index (χ0n) is 10.9. The van der Waals surface area contributed by atoms with E-state index in [4.69, 9.17) is 5.11 Å². The summed E-state index contributed by atoms with van der Waals surface area (Å²) in [4.78, 5) is 10.9. The molecule has 0 amide bonds. The van der Waals surface area contributed by atoms with E-state index in [1.807, 2.05) is 26.0 Å². The Balaban J connectivity index is 3.17. The minimum Gasteiger partial charge on any atom is -0.478 e. The van der Waals surface area contributed by atoms with Crippen LogP contribution in [0.1, 0.15) is 37.0 Å². The summed E-state index contributed by atoms with van der Waals surface area (Å²) in [6.45, 7) is 8.26. The average Bonchev–Trinajstić information content (AvgIpc) is 2.14. The van der Waals surface area contributed by atoms with Crippen LogP contribution < -0.4 is 0 Å². The Labute approximate surface area is 103 Å². The predicted molar refractivity (Wildman–Crippen MR) is 71.0 cm³/mol. The largest absolute Gasteiger partial charge is 0.478 e. The molecule has 0 fully saturated rings. The molecule has 0 saturated heterocycles. The molecule has 0 unspecified atom stereocenters. The highest BCUT2D eigenvalue weighted by molar-refractivity contribution is 5.90. The quantitative estimate of drug-likeness (QED) is 0.801. The molecule has 0 aromatic heterocycles. The molecular weight excluding hydrogens is 212 g/mol. The van der Waals surface area contributed by atoms with Crippen molar-refractivity contribution in [3.8, 4) is 0 Å². The van der Waals surface area contributed by atoms with Gasteiger partial charge in [0.2, 0.25) is 0 Å². The van der Waals surface area contributed by atoms with Crippen molar-refractivity contribution in [1.82, 2.24) is 0 Å². The van der Waals surface area contributed by atoms with Gasteiger partial charge in [-0.1, -0.05) is 37.6 Å². The minimum atomic E-state index is -0.874. The van der Waals surface area contributed by atoms with E-state index in [9.17, 15) is 4.79 Å². The maximum absolute atomic E-state index is 10.9. The van der Waals surface area contributed by atoms with Crippen LogP contribution in [-0.4, -0.2) is 11.1 Å². The first-order chi connectivity index (χ1) is 7.90. The number of rotatable bonds is 4. The van der Waals surface area contributed by atoms with Crippen LogP contribution in [0.4, 0.5) is 0 Å². The van der Waals surface area contributed by atoms with E-state index in [-0.39, 0.29) is 0 Å².